The van der Waals surface area contributed by atoms with E-state index in [0.717, 1.165) is 0 Å². The third-order valence-electron chi connectivity index (χ3n) is 4.50. The number of carbonyl (C=O) groups excluding carboxylic acids is 2. The van der Waals surface area contributed by atoms with Gasteiger partial charge in [-0.25, -0.2) is 0 Å². The molecular weight excluding hydrogens is 300 g/mol. The van der Waals surface area contributed by atoms with Crippen LogP contribution in [0.15, 0.2) is 36.4 Å². The molecule has 0 spiro atoms. The van der Waals surface area contributed by atoms with Gasteiger partial charge in [-0.1, -0.05) is 24.3 Å². The quantitative estimate of drug-likeness (QED) is 0.483. The molecule has 2 amide bonds. The number of amides is 2. The molecule has 7 heteroatoms. The maximum atomic E-state index is 12.3. The molecule has 0 radical (unpaired) electrons. The number of hydrazine groups is 1. The molecule has 120 valence electrons. The van der Waals surface area contributed by atoms with E-state index in [1.54, 1.807) is 12.1 Å². The summed E-state index contributed by atoms with van der Waals surface area (Å²) in [5, 5.41) is 18.9. The molecule has 3 rings (SSSR count). The van der Waals surface area contributed by atoms with Crippen molar-refractivity contribution in [3.05, 3.63) is 42.0 Å². The van der Waals surface area contributed by atoms with Gasteiger partial charge in [0.05, 0.1) is 17.4 Å². The fraction of sp³-hybridized carbons (Fsp3) is 0.312. The average Bonchev–Trinajstić information content (AvgIpc) is 3.13. The molecule has 1 aromatic rings. The zero-order chi connectivity index (χ0) is 16.6. The van der Waals surface area contributed by atoms with Crippen LogP contribution >= 0.6 is 0 Å². The predicted octanol–water partition coefficient (Wildman–Crippen LogP) is 0.676. The van der Waals surface area contributed by atoms with Gasteiger partial charge in [0.2, 0.25) is 5.91 Å². The molecule has 1 saturated carbocycles. The van der Waals surface area contributed by atoms with Gasteiger partial charge in [-0.3, -0.25) is 25.2 Å². The normalized spacial score (nSPS) is 27.7. The minimum absolute atomic E-state index is 0.0235. The van der Waals surface area contributed by atoms with E-state index < -0.39 is 29.6 Å². The van der Waals surface area contributed by atoms with Crippen LogP contribution in [-0.4, -0.2) is 28.0 Å². The van der Waals surface area contributed by atoms with Crippen LogP contribution in [0.25, 0.3) is 0 Å². The van der Waals surface area contributed by atoms with Gasteiger partial charge in [0, 0.05) is 0 Å². The Balaban J connectivity index is 1.66. The van der Waals surface area contributed by atoms with Gasteiger partial charge < -0.3 is 10.2 Å². The van der Waals surface area contributed by atoms with Crippen LogP contribution in [0, 0.1) is 23.7 Å². The molecule has 2 aliphatic carbocycles. The number of para-hydroxylation sites is 1. The number of benzene rings is 1. The Morgan fingerprint density at radius 1 is 1.00 bits per heavy atom. The van der Waals surface area contributed by atoms with Gasteiger partial charge in [0.15, 0.2) is 0 Å². The Labute approximate surface area is 132 Å². The molecule has 0 aromatic heterocycles. The Morgan fingerprint density at radius 2 is 1.65 bits per heavy atom. The highest BCUT2D eigenvalue weighted by atomic mass is 16.4. The molecule has 2 aliphatic rings. The number of nitrogens with one attached hydrogen (secondary N) is 2. The second-order valence-electron chi connectivity index (χ2n) is 5.80. The number of fused-ring (bicyclic) bond motifs is 2. The molecular formula is C16H16N2O5. The van der Waals surface area contributed by atoms with Gasteiger partial charge >= 0.3 is 5.97 Å². The lowest BCUT2D eigenvalue weighted by molar-refractivity contribution is -0.148. The molecule has 4 N–H and O–H groups in total. The van der Waals surface area contributed by atoms with Gasteiger partial charge in [0.1, 0.15) is 5.75 Å². The summed E-state index contributed by atoms with van der Waals surface area (Å²) < 4.78 is 0. The van der Waals surface area contributed by atoms with Crippen LogP contribution in [0.1, 0.15) is 16.8 Å². The van der Waals surface area contributed by atoms with E-state index in [-0.39, 0.29) is 23.1 Å². The second-order valence-corrected chi connectivity index (χ2v) is 5.80. The average molecular weight is 316 g/mol. The summed E-state index contributed by atoms with van der Waals surface area (Å²) in [6, 6.07) is 5.93. The summed E-state index contributed by atoms with van der Waals surface area (Å²) in [7, 11) is 0. The number of rotatable bonds is 3. The predicted molar refractivity (Wildman–Crippen MR) is 79.1 cm³/mol. The molecule has 7 nitrogen and oxygen atoms in total. The number of carboxylic acids is 1. The van der Waals surface area contributed by atoms with E-state index in [2.05, 4.69) is 10.9 Å². The lowest BCUT2D eigenvalue weighted by Gasteiger charge is -2.23. The summed E-state index contributed by atoms with van der Waals surface area (Å²) in [5.41, 5.74) is 4.52. The first-order valence-corrected chi connectivity index (χ1v) is 7.28. The van der Waals surface area contributed by atoms with Crippen molar-refractivity contribution < 1.29 is 24.6 Å². The molecule has 1 aromatic carbocycles. The number of hydrogen-bond acceptors (Lipinski definition) is 4. The SMILES string of the molecule is O=C(NNC(=O)[C@H]1[C@H](C(=O)O)[C@H]2C=C[C@H]1C2)c1ccccc1O. The highest BCUT2D eigenvalue weighted by Gasteiger charge is 2.51. The minimum Gasteiger partial charge on any atom is -0.507 e. The van der Waals surface area contributed by atoms with Crippen LogP contribution in [0.4, 0.5) is 0 Å². The number of carbonyl (C=O) groups is 3. The smallest absolute Gasteiger partial charge is 0.307 e. The zero-order valence-electron chi connectivity index (χ0n) is 12.1. The number of phenolic OH excluding ortho intramolecular Hbond substituents is 1. The van der Waals surface area contributed by atoms with Crippen molar-refractivity contribution in [2.24, 2.45) is 23.7 Å². The number of phenols is 1. The highest BCUT2D eigenvalue weighted by Crippen LogP contribution is 2.48. The third kappa shape index (κ3) is 2.65. The summed E-state index contributed by atoms with van der Waals surface area (Å²) >= 11 is 0. The number of aliphatic carboxylic acids is 1. The maximum Gasteiger partial charge on any atom is 0.307 e. The van der Waals surface area contributed by atoms with E-state index in [9.17, 15) is 24.6 Å². The van der Waals surface area contributed by atoms with Crippen molar-refractivity contribution in [1.82, 2.24) is 10.9 Å². The van der Waals surface area contributed by atoms with E-state index in [1.807, 2.05) is 12.2 Å². The first-order chi connectivity index (χ1) is 11.0. The van der Waals surface area contributed by atoms with Crippen molar-refractivity contribution in [2.75, 3.05) is 0 Å². The van der Waals surface area contributed by atoms with Crippen molar-refractivity contribution in [3.8, 4) is 5.75 Å². The number of aromatic hydroxyl groups is 1. The summed E-state index contributed by atoms with van der Waals surface area (Å²) in [4.78, 5) is 35.6. The maximum absolute atomic E-state index is 12.3. The van der Waals surface area contributed by atoms with E-state index >= 15 is 0 Å². The molecule has 1 fully saturated rings. The van der Waals surface area contributed by atoms with Crippen LogP contribution in [0.3, 0.4) is 0 Å². The fourth-order valence-corrected chi connectivity index (χ4v) is 3.45. The largest absolute Gasteiger partial charge is 0.507 e. The molecule has 0 heterocycles. The van der Waals surface area contributed by atoms with Crippen molar-refractivity contribution in [2.45, 2.75) is 6.42 Å². The van der Waals surface area contributed by atoms with Gasteiger partial charge in [-0.15, -0.1) is 0 Å². The molecule has 0 unspecified atom stereocenters. The summed E-state index contributed by atoms with van der Waals surface area (Å²) in [6.07, 6.45) is 4.34. The monoisotopic (exact) mass is 316 g/mol. The lowest BCUT2D eigenvalue weighted by Crippen LogP contribution is -2.48. The van der Waals surface area contributed by atoms with Gasteiger partial charge in [0.25, 0.3) is 5.91 Å². The van der Waals surface area contributed by atoms with Gasteiger partial charge in [-0.2, -0.15) is 0 Å². The zero-order valence-corrected chi connectivity index (χ0v) is 12.1. The van der Waals surface area contributed by atoms with Crippen LogP contribution < -0.4 is 10.9 Å². The molecule has 23 heavy (non-hydrogen) atoms. The number of hydrogen-bond donors (Lipinski definition) is 4. The lowest BCUT2D eigenvalue weighted by atomic mass is 9.82. The molecule has 0 aliphatic heterocycles. The first-order valence-electron chi connectivity index (χ1n) is 7.28. The Hall–Kier alpha value is -2.83. The summed E-state index contributed by atoms with van der Waals surface area (Å²) in [6.45, 7) is 0. The highest BCUT2D eigenvalue weighted by molar-refractivity contribution is 5.98. The fourth-order valence-electron chi connectivity index (χ4n) is 3.45. The second kappa shape index (κ2) is 5.75. The van der Waals surface area contributed by atoms with Gasteiger partial charge in [-0.05, 0) is 30.4 Å². The molecule has 2 bridgehead atoms. The Bertz CT molecular complexity index is 699. The van der Waals surface area contributed by atoms with E-state index in [4.69, 9.17) is 0 Å². The summed E-state index contributed by atoms with van der Waals surface area (Å²) in [5.74, 6) is -4.14. The minimum atomic E-state index is -1.01. The number of carboxylic acid groups (broad SMARTS) is 1. The first kappa shape index (κ1) is 15.1. The third-order valence-corrected chi connectivity index (χ3v) is 4.50. The standard InChI is InChI=1S/C16H16N2O5/c19-11-4-2-1-3-10(11)14(20)17-18-15(21)12-8-5-6-9(7-8)13(12)16(22)23/h1-6,8-9,12-13,19H,7H2,(H,17,20)(H,18,21)(H,22,23)/t8-,9-,12+,13+/m0/s1. The Kier molecular flexibility index (Phi) is 3.77. The van der Waals surface area contributed by atoms with Crippen LogP contribution in [0.2, 0.25) is 0 Å². The van der Waals surface area contributed by atoms with E-state index in [0.29, 0.717) is 6.42 Å². The molecule has 0 saturated heterocycles. The number of allylic oxidation sites excluding steroid dienone is 2. The van der Waals surface area contributed by atoms with Crippen LogP contribution in [-0.2, 0) is 9.59 Å². The topological polar surface area (TPSA) is 116 Å². The Morgan fingerprint density at radius 3 is 2.30 bits per heavy atom. The van der Waals surface area contributed by atoms with Crippen molar-refractivity contribution in [1.29, 1.82) is 0 Å². The van der Waals surface area contributed by atoms with Crippen molar-refractivity contribution >= 4 is 17.8 Å². The molecule has 4 atom stereocenters. The van der Waals surface area contributed by atoms with E-state index in [1.165, 1.54) is 12.1 Å². The van der Waals surface area contributed by atoms with Crippen molar-refractivity contribution in [3.63, 3.8) is 0 Å². The van der Waals surface area contributed by atoms with Crippen LogP contribution in [0.5, 0.6) is 5.75 Å².